The molecule has 0 aromatic heterocycles. The zero-order chi connectivity index (χ0) is 14.0. The summed E-state index contributed by atoms with van der Waals surface area (Å²) in [6, 6.07) is 1.12. The van der Waals surface area contributed by atoms with E-state index >= 15 is 0 Å². The highest BCUT2D eigenvalue weighted by Crippen LogP contribution is 2.22. The minimum atomic E-state index is -1.76. The molecular formula is C14H32N2OSi. The van der Waals surface area contributed by atoms with Crippen molar-refractivity contribution in [2.45, 2.75) is 40.7 Å². The molecule has 0 rings (SSSR count). The lowest BCUT2D eigenvalue weighted by Crippen LogP contribution is -2.65. The van der Waals surface area contributed by atoms with Crippen LogP contribution >= 0.6 is 0 Å². The van der Waals surface area contributed by atoms with Gasteiger partial charge in [0.25, 0.3) is 0 Å². The molecule has 0 saturated carbocycles. The molecule has 0 aromatic rings. The molecular weight excluding hydrogens is 240 g/mol. The summed E-state index contributed by atoms with van der Waals surface area (Å²) in [5.74, 6) is 0. The van der Waals surface area contributed by atoms with Crippen molar-refractivity contribution in [3.8, 4) is 0 Å². The van der Waals surface area contributed by atoms with Crippen molar-refractivity contribution in [2.75, 3.05) is 39.4 Å². The minimum Gasteiger partial charge on any atom is -0.382 e. The van der Waals surface area contributed by atoms with Gasteiger partial charge in [0.1, 0.15) is 0 Å². The van der Waals surface area contributed by atoms with Crippen LogP contribution in [-0.4, -0.2) is 56.9 Å². The predicted octanol–water partition coefficient (Wildman–Crippen LogP) is 2.87. The SMILES string of the molecule is C=C[Si](CCOCC)(N(CC)CC)N(CC)CC. The number of hydrogen-bond acceptors (Lipinski definition) is 3. The zero-order valence-electron chi connectivity index (χ0n) is 13.0. The molecule has 0 aliphatic rings. The van der Waals surface area contributed by atoms with E-state index in [1.165, 1.54) is 0 Å². The zero-order valence-corrected chi connectivity index (χ0v) is 14.0. The Morgan fingerprint density at radius 3 is 1.67 bits per heavy atom. The Kier molecular flexibility index (Phi) is 9.64. The van der Waals surface area contributed by atoms with E-state index in [-0.39, 0.29) is 0 Å². The first kappa shape index (κ1) is 17.8. The summed E-state index contributed by atoms with van der Waals surface area (Å²) in [5, 5.41) is 0. The second-order valence-corrected chi connectivity index (χ2v) is 8.30. The van der Waals surface area contributed by atoms with E-state index < -0.39 is 8.40 Å². The smallest absolute Gasteiger partial charge is 0.234 e. The molecule has 3 nitrogen and oxygen atoms in total. The molecule has 18 heavy (non-hydrogen) atoms. The van der Waals surface area contributed by atoms with E-state index in [9.17, 15) is 0 Å². The normalized spacial score (nSPS) is 12.4. The van der Waals surface area contributed by atoms with Crippen LogP contribution in [0.2, 0.25) is 6.04 Å². The molecule has 0 atom stereocenters. The van der Waals surface area contributed by atoms with Gasteiger partial charge in [-0.1, -0.05) is 33.4 Å². The van der Waals surface area contributed by atoms with E-state index in [4.69, 9.17) is 4.74 Å². The van der Waals surface area contributed by atoms with Gasteiger partial charge in [0.15, 0.2) is 0 Å². The minimum absolute atomic E-state index is 0.804. The van der Waals surface area contributed by atoms with Crippen molar-refractivity contribution >= 4 is 8.40 Å². The third kappa shape index (κ3) is 4.19. The van der Waals surface area contributed by atoms with Crippen LogP contribution in [0.25, 0.3) is 0 Å². The van der Waals surface area contributed by atoms with Crippen molar-refractivity contribution in [3.63, 3.8) is 0 Å². The summed E-state index contributed by atoms with van der Waals surface area (Å²) in [6.07, 6.45) is 0. The molecule has 0 unspecified atom stereocenters. The van der Waals surface area contributed by atoms with E-state index in [0.717, 1.165) is 45.4 Å². The lowest BCUT2D eigenvalue weighted by atomic mass is 10.7. The van der Waals surface area contributed by atoms with Gasteiger partial charge in [0, 0.05) is 13.2 Å². The third-order valence-electron chi connectivity index (χ3n) is 3.77. The number of ether oxygens (including phenoxy) is 1. The molecule has 0 aromatic carbocycles. The number of rotatable bonds is 11. The summed E-state index contributed by atoms with van der Waals surface area (Å²) >= 11 is 0. The fourth-order valence-electron chi connectivity index (χ4n) is 2.79. The molecule has 0 aliphatic carbocycles. The molecule has 0 fully saturated rings. The monoisotopic (exact) mass is 272 g/mol. The van der Waals surface area contributed by atoms with Crippen LogP contribution in [0.4, 0.5) is 0 Å². The fraction of sp³-hybridized carbons (Fsp3) is 0.857. The summed E-state index contributed by atoms with van der Waals surface area (Å²) in [6.45, 7) is 21.3. The molecule has 108 valence electrons. The van der Waals surface area contributed by atoms with Crippen LogP contribution in [0.5, 0.6) is 0 Å². The molecule has 0 bridgehead atoms. The maximum atomic E-state index is 5.60. The molecule has 0 radical (unpaired) electrons. The van der Waals surface area contributed by atoms with Gasteiger partial charge in [-0.15, -0.1) is 6.58 Å². The highest BCUT2D eigenvalue weighted by atomic mass is 28.3. The number of hydrogen-bond donors (Lipinski definition) is 0. The van der Waals surface area contributed by atoms with Crippen LogP contribution in [0.15, 0.2) is 12.3 Å². The lowest BCUT2D eigenvalue weighted by Gasteiger charge is -2.46. The molecule has 0 amide bonds. The summed E-state index contributed by atoms with van der Waals surface area (Å²) in [4.78, 5) is 0. The first-order valence-corrected chi connectivity index (χ1v) is 9.55. The Hall–Kier alpha value is -0.163. The maximum Gasteiger partial charge on any atom is 0.234 e. The van der Waals surface area contributed by atoms with Crippen molar-refractivity contribution in [1.29, 1.82) is 0 Å². The van der Waals surface area contributed by atoms with E-state index in [0.29, 0.717) is 0 Å². The predicted molar refractivity (Wildman–Crippen MR) is 83.1 cm³/mol. The average Bonchev–Trinajstić information content (AvgIpc) is 2.40. The summed E-state index contributed by atoms with van der Waals surface area (Å²) in [5.41, 5.74) is 2.24. The topological polar surface area (TPSA) is 15.7 Å². The Balaban J connectivity index is 5.09. The van der Waals surface area contributed by atoms with Crippen LogP contribution in [0, 0.1) is 0 Å². The molecule has 0 heterocycles. The van der Waals surface area contributed by atoms with Gasteiger partial charge in [-0.25, -0.2) is 0 Å². The second kappa shape index (κ2) is 9.73. The van der Waals surface area contributed by atoms with Gasteiger partial charge in [0.05, 0.1) is 0 Å². The highest BCUT2D eigenvalue weighted by Gasteiger charge is 2.40. The Bertz CT molecular complexity index is 204. The van der Waals surface area contributed by atoms with Gasteiger partial charge >= 0.3 is 0 Å². The van der Waals surface area contributed by atoms with E-state index in [2.05, 4.69) is 56.0 Å². The average molecular weight is 273 g/mol. The van der Waals surface area contributed by atoms with Crippen molar-refractivity contribution in [2.24, 2.45) is 0 Å². The Morgan fingerprint density at radius 1 is 0.944 bits per heavy atom. The third-order valence-corrected chi connectivity index (χ3v) is 8.82. The second-order valence-electron chi connectivity index (χ2n) is 4.37. The van der Waals surface area contributed by atoms with Crippen molar-refractivity contribution < 1.29 is 4.74 Å². The largest absolute Gasteiger partial charge is 0.382 e. The lowest BCUT2D eigenvalue weighted by molar-refractivity contribution is 0.157. The van der Waals surface area contributed by atoms with Crippen LogP contribution < -0.4 is 0 Å². The maximum absolute atomic E-state index is 5.60. The summed E-state index contributed by atoms with van der Waals surface area (Å²) < 4.78 is 10.8. The number of nitrogens with zero attached hydrogens (tertiary/aromatic N) is 2. The fourth-order valence-corrected chi connectivity index (χ4v) is 7.17. The van der Waals surface area contributed by atoms with Gasteiger partial charge in [0.2, 0.25) is 8.40 Å². The molecule has 0 spiro atoms. The quantitative estimate of drug-likeness (QED) is 0.425. The van der Waals surface area contributed by atoms with Gasteiger partial charge < -0.3 is 13.9 Å². The molecule has 0 saturated heterocycles. The van der Waals surface area contributed by atoms with E-state index in [1.807, 2.05) is 0 Å². The van der Waals surface area contributed by atoms with Crippen molar-refractivity contribution in [3.05, 3.63) is 12.3 Å². The summed E-state index contributed by atoms with van der Waals surface area (Å²) in [7, 11) is -1.76. The first-order valence-electron chi connectivity index (χ1n) is 7.38. The first-order chi connectivity index (χ1) is 8.66. The molecule has 4 heteroatoms. The van der Waals surface area contributed by atoms with Crippen LogP contribution in [-0.2, 0) is 4.74 Å². The highest BCUT2D eigenvalue weighted by molar-refractivity contribution is 6.79. The molecule has 0 N–H and O–H groups in total. The molecule has 0 aliphatic heterocycles. The van der Waals surface area contributed by atoms with Crippen molar-refractivity contribution in [1.82, 2.24) is 9.13 Å². The van der Waals surface area contributed by atoms with Gasteiger partial charge in [-0.3, -0.25) is 0 Å². The Morgan fingerprint density at radius 2 is 1.39 bits per heavy atom. The standard InChI is InChI=1S/C14H32N2OSi/c1-7-15(8-2)18(12-6,14-13-17-11-5)16(9-3)10-4/h12H,6-11,13-14H2,1-5H3. The van der Waals surface area contributed by atoms with E-state index in [1.54, 1.807) is 0 Å². The van der Waals surface area contributed by atoms with Crippen LogP contribution in [0.1, 0.15) is 34.6 Å². The van der Waals surface area contributed by atoms with Crippen LogP contribution in [0.3, 0.4) is 0 Å². The Labute approximate surface area is 115 Å². The van der Waals surface area contributed by atoms with Gasteiger partial charge in [-0.05, 0) is 39.1 Å². The van der Waals surface area contributed by atoms with Gasteiger partial charge in [-0.2, -0.15) is 0 Å².